The first-order valence-electron chi connectivity index (χ1n) is 6.92. The SMILES string of the molecule is CCc1cc(=O)n(C)c(SCc2ccc(C(=O)OC)cc2)n1. The van der Waals surface area contributed by atoms with Crippen LogP contribution in [0, 0.1) is 0 Å². The van der Waals surface area contributed by atoms with E-state index in [9.17, 15) is 9.59 Å². The van der Waals surface area contributed by atoms with Gasteiger partial charge in [0.15, 0.2) is 5.16 Å². The van der Waals surface area contributed by atoms with E-state index in [0.717, 1.165) is 17.7 Å². The zero-order chi connectivity index (χ0) is 16.1. The Balaban J connectivity index is 2.12. The molecule has 0 spiro atoms. The van der Waals surface area contributed by atoms with Gasteiger partial charge in [0.1, 0.15) is 0 Å². The number of nitrogens with zero attached hydrogens (tertiary/aromatic N) is 2. The van der Waals surface area contributed by atoms with Crippen molar-refractivity contribution < 1.29 is 9.53 Å². The molecule has 0 saturated carbocycles. The van der Waals surface area contributed by atoms with Crippen LogP contribution in [0.3, 0.4) is 0 Å². The summed E-state index contributed by atoms with van der Waals surface area (Å²) in [5.74, 6) is 0.327. The van der Waals surface area contributed by atoms with Crippen LogP contribution in [0.25, 0.3) is 0 Å². The Morgan fingerprint density at radius 2 is 2.00 bits per heavy atom. The van der Waals surface area contributed by atoms with Crippen molar-refractivity contribution in [3.05, 3.63) is 57.5 Å². The van der Waals surface area contributed by atoms with Gasteiger partial charge in [-0.2, -0.15) is 0 Å². The second kappa shape index (κ2) is 7.26. The lowest BCUT2D eigenvalue weighted by molar-refractivity contribution is 0.0600. The molecule has 0 saturated heterocycles. The van der Waals surface area contributed by atoms with Crippen LogP contribution in [0.5, 0.6) is 0 Å². The van der Waals surface area contributed by atoms with Crippen LogP contribution < -0.4 is 5.56 Å². The molecule has 0 aliphatic carbocycles. The van der Waals surface area contributed by atoms with E-state index in [0.29, 0.717) is 16.5 Å². The molecule has 0 aliphatic rings. The van der Waals surface area contributed by atoms with Crippen molar-refractivity contribution in [1.82, 2.24) is 9.55 Å². The highest BCUT2D eigenvalue weighted by atomic mass is 32.2. The van der Waals surface area contributed by atoms with Crippen LogP contribution in [0.15, 0.2) is 40.3 Å². The van der Waals surface area contributed by atoms with Gasteiger partial charge in [0.2, 0.25) is 0 Å². The molecule has 0 aliphatic heterocycles. The molecule has 2 rings (SSSR count). The fourth-order valence-electron chi connectivity index (χ4n) is 1.88. The van der Waals surface area contributed by atoms with Gasteiger partial charge in [-0.05, 0) is 24.1 Å². The van der Waals surface area contributed by atoms with Gasteiger partial charge in [0, 0.05) is 24.6 Å². The lowest BCUT2D eigenvalue weighted by atomic mass is 10.1. The molecule has 1 aromatic heterocycles. The molecule has 0 unspecified atom stereocenters. The Bertz CT molecular complexity index is 723. The zero-order valence-corrected chi connectivity index (χ0v) is 13.6. The van der Waals surface area contributed by atoms with Crippen molar-refractivity contribution in [2.75, 3.05) is 7.11 Å². The van der Waals surface area contributed by atoms with Crippen molar-refractivity contribution in [2.24, 2.45) is 7.05 Å². The first-order valence-corrected chi connectivity index (χ1v) is 7.90. The molecule has 2 aromatic rings. The monoisotopic (exact) mass is 318 g/mol. The Kier molecular flexibility index (Phi) is 5.38. The molecule has 0 atom stereocenters. The predicted octanol–water partition coefficient (Wildman–Crippen LogP) is 2.42. The van der Waals surface area contributed by atoms with E-state index in [1.54, 1.807) is 29.8 Å². The maximum Gasteiger partial charge on any atom is 0.337 e. The van der Waals surface area contributed by atoms with E-state index < -0.39 is 0 Å². The number of carbonyl (C=O) groups excluding carboxylic acids is 1. The van der Waals surface area contributed by atoms with E-state index >= 15 is 0 Å². The number of aryl methyl sites for hydroxylation is 1. The lowest BCUT2D eigenvalue weighted by Gasteiger charge is -2.08. The van der Waals surface area contributed by atoms with Crippen LogP contribution >= 0.6 is 11.8 Å². The Labute approximate surface area is 133 Å². The highest BCUT2D eigenvalue weighted by Gasteiger charge is 2.07. The molecular weight excluding hydrogens is 300 g/mol. The molecule has 5 nitrogen and oxygen atoms in total. The molecule has 0 bridgehead atoms. The van der Waals surface area contributed by atoms with Gasteiger partial charge < -0.3 is 4.74 Å². The number of hydrogen-bond donors (Lipinski definition) is 0. The third kappa shape index (κ3) is 3.76. The van der Waals surface area contributed by atoms with Gasteiger partial charge in [-0.3, -0.25) is 9.36 Å². The number of benzene rings is 1. The van der Waals surface area contributed by atoms with Crippen molar-refractivity contribution in [2.45, 2.75) is 24.3 Å². The van der Waals surface area contributed by atoms with E-state index in [4.69, 9.17) is 0 Å². The third-order valence-electron chi connectivity index (χ3n) is 3.25. The average molecular weight is 318 g/mol. The normalized spacial score (nSPS) is 10.5. The van der Waals surface area contributed by atoms with Gasteiger partial charge in [-0.15, -0.1) is 0 Å². The molecule has 0 fully saturated rings. The molecule has 116 valence electrons. The fraction of sp³-hybridized carbons (Fsp3) is 0.312. The molecule has 1 heterocycles. The molecule has 0 radical (unpaired) electrons. The summed E-state index contributed by atoms with van der Waals surface area (Å²) in [6, 6.07) is 8.78. The largest absolute Gasteiger partial charge is 0.465 e. The van der Waals surface area contributed by atoms with Crippen LogP contribution in [0.4, 0.5) is 0 Å². The number of rotatable bonds is 5. The summed E-state index contributed by atoms with van der Waals surface area (Å²) in [6.45, 7) is 1.97. The molecule has 6 heteroatoms. The van der Waals surface area contributed by atoms with Crippen LogP contribution in [0.2, 0.25) is 0 Å². The van der Waals surface area contributed by atoms with Crippen molar-refractivity contribution in [1.29, 1.82) is 0 Å². The first-order chi connectivity index (χ1) is 10.5. The first kappa shape index (κ1) is 16.3. The van der Waals surface area contributed by atoms with Gasteiger partial charge in [0.05, 0.1) is 12.7 Å². The topological polar surface area (TPSA) is 61.2 Å². The minimum Gasteiger partial charge on any atom is -0.465 e. The zero-order valence-electron chi connectivity index (χ0n) is 12.8. The van der Waals surface area contributed by atoms with Crippen molar-refractivity contribution in [3.8, 4) is 0 Å². The van der Waals surface area contributed by atoms with Crippen molar-refractivity contribution >= 4 is 17.7 Å². The number of esters is 1. The van der Waals surface area contributed by atoms with E-state index in [-0.39, 0.29) is 11.5 Å². The van der Waals surface area contributed by atoms with Gasteiger partial charge in [-0.1, -0.05) is 30.8 Å². The van der Waals surface area contributed by atoms with Crippen LogP contribution in [-0.2, 0) is 24.0 Å². The van der Waals surface area contributed by atoms with Crippen LogP contribution in [-0.4, -0.2) is 22.6 Å². The summed E-state index contributed by atoms with van der Waals surface area (Å²) in [6.07, 6.45) is 0.734. The summed E-state index contributed by atoms with van der Waals surface area (Å²) in [4.78, 5) is 27.7. The van der Waals surface area contributed by atoms with Crippen molar-refractivity contribution in [3.63, 3.8) is 0 Å². The number of ether oxygens (including phenoxy) is 1. The summed E-state index contributed by atoms with van der Waals surface area (Å²) < 4.78 is 6.22. The van der Waals surface area contributed by atoms with E-state index in [1.165, 1.54) is 18.9 Å². The minimum absolute atomic E-state index is 0.0459. The second-order valence-electron chi connectivity index (χ2n) is 4.76. The Morgan fingerprint density at radius 3 is 2.59 bits per heavy atom. The summed E-state index contributed by atoms with van der Waals surface area (Å²) in [7, 11) is 3.08. The molecule has 22 heavy (non-hydrogen) atoms. The maximum atomic E-state index is 11.8. The smallest absolute Gasteiger partial charge is 0.337 e. The quantitative estimate of drug-likeness (QED) is 0.481. The van der Waals surface area contributed by atoms with Gasteiger partial charge in [-0.25, -0.2) is 9.78 Å². The summed E-state index contributed by atoms with van der Waals surface area (Å²) in [5.41, 5.74) is 2.32. The predicted molar refractivity (Wildman–Crippen MR) is 86.2 cm³/mol. The summed E-state index contributed by atoms with van der Waals surface area (Å²) in [5, 5.41) is 0.696. The maximum absolute atomic E-state index is 11.8. The highest BCUT2D eigenvalue weighted by molar-refractivity contribution is 7.98. The highest BCUT2D eigenvalue weighted by Crippen LogP contribution is 2.20. The number of methoxy groups -OCH3 is 1. The molecule has 0 amide bonds. The van der Waals surface area contributed by atoms with E-state index in [2.05, 4.69) is 9.72 Å². The molecule has 0 N–H and O–H groups in total. The number of carbonyl (C=O) groups is 1. The number of aromatic nitrogens is 2. The third-order valence-corrected chi connectivity index (χ3v) is 4.35. The van der Waals surface area contributed by atoms with E-state index in [1.807, 2.05) is 19.1 Å². The Morgan fingerprint density at radius 1 is 1.32 bits per heavy atom. The fourth-order valence-corrected chi connectivity index (χ4v) is 2.83. The number of hydrogen-bond acceptors (Lipinski definition) is 5. The van der Waals surface area contributed by atoms with Gasteiger partial charge in [0.25, 0.3) is 5.56 Å². The standard InChI is InChI=1S/C16H18N2O3S/c1-4-13-9-14(19)18(2)16(17-13)22-10-11-5-7-12(8-6-11)15(20)21-3/h5-9H,4,10H2,1-3H3. The molecule has 1 aromatic carbocycles. The second-order valence-corrected chi connectivity index (χ2v) is 5.70. The minimum atomic E-state index is -0.348. The lowest BCUT2D eigenvalue weighted by Crippen LogP contribution is -2.20. The van der Waals surface area contributed by atoms with Crippen LogP contribution in [0.1, 0.15) is 28.5 Å². The average Bonchev–Trinajstić information content (AvgIpc) is 2.55. The number of thioether (sulfide) groups is 1. The Hall–Kier alpha value is -2.08. The van der Waals surface area contributed by atoms with Gasteiger partial charge >= 0.3 is 5.97 Å². The molecular formula is C16H18N2O3S. The summed E-state index contributed by atoms with van der Waals surface area (Å²) >= 11 is 1.50.